The second kappa shape index (κ2) is 8.79. The van der Waals surface area contributed by atoms with Gasteiger partial charge < -0.3 is 15.4 Å². The molecule has 1 fully saturated rings. The maximum absolute atomic E-state index is 13.8. The molecule has 2 N–H and O–H groups in total. The van der Waals surface area contributed by atoms with Crippen molar-refractivity contribution in [1.82, 2.24) is 5.32 Å². The van der Waals surface area contributed by atoms with E-state index in [2.05, 4.69) is 10.6 Å². The minimum absolute atomic E-state index is 0.0864. The maximum Gasteiger partial charge on any atom is 0.341 e. The highest BCUT2D eigenvalue weighted by Gasteiger charge is 2.32. The molecule has 2 aromatic rings. The summed E-state index contributed by atoms with van der Waals surface area (Å²) in [7, 11) is 0. The SMILES string of the molecule is CCOC(=O)c1c(C2CC2)csc1NC(=O)CN[C@H](C)c1ccc(F)cc1F. The van der Waals surface area contributed by atoms with E-state index < -0.39 is 23.6 Å². The Labute approximate surface area is 166 Å². The van der Waals surface area contributed by atoms with Crippen molar-refractivity contribution >= 4 is 28.2 Å². The van der Waals surface area contributed by atoms with E-state index >= 15 is 0 Å². The summed E-state index contributed by atoms with van der Waals surface area (Å²) in [4.78, 5) is 24.7. The van der Waals surface area contributed by atoms with Gasteiger partial charge in [-0.15, -0.1) is 11.3 Å². The summed E-state index contributed by atoms with van der Waals surface area (Å²) in [5.41, 5.74) is 1.63. The van der Waals surface area contributed by atoms with Crippen molar-refractivity contribution in [2.45, 2.75) is 38.6 Å². The van der Waals surface area contributed by atoms with Crippen LogP contribution in [-0.4, -0.2) is 25.0 Å². The lowest BCUT2D eigenvalue weighted by atomic mass is 10.1. The predicted octanol–water partition coefficient (Wildman–Crippen LogP) is 4.37. The number of benzene rings is 1. The van der Waals surface area contributed by atoms with Crippen LogP contribution in [0.1, 0.15) is 60.1 Å². The van der Waals surface area contributed by atoms with E-state index in [1.807, 2.05) is 5.38 Å². The van der Waals surface area contributed by atoms with E-state index in [1.165, 1.54) is 23.5 Å². The Kier molecular flexibility index (Phi) is 6.41. The van der Waals surface area contributed by atoms with E-state index in [-0.39, 0.29) is 24.6 Å². The van der Waals surface area contributed by atoms with Gasteiger partial charge in [0.25, 0.3) is 0 Å². The van der Waals surface area contributed by atoms with Gasteiger partial charge in [-0.1, -0.05) is 6.07 Å². The summed E-state index contributed by atoms with van der Waals surface area (Å²) in [6.45, 7) is 3.59. The molecule has 3 rings (SSSR count). The van der Waals surface area contributed by atoms with Crippen LogP contribution in [0.3, 0.4) is 0 Å². The number of carbonyl (C=O) groups is 2. The lowest BCUT2D eigenvalue weighted by Gasteiger charge is -2.15. The summed E-state index contributed by atoms with van der Waals surface area (Å²) in [6.07, 6.45) is 2.05. The van der Waals surface area contributed by atoms with E-state index in [1.54, 1.807) is 13.8 Å². The van der Waals surface area contributed by atoms with Gasteiger partial charge in [0, 0.05) is 17.7 Å². The molecule has 0 spiro atoms. The van der Waals surface area contributed by atoms with Crippen molar-refractivity contribution in [3.8, 4) is 0 Å². The van der Waals surface area contributed by atoms with Gasteiger partial charge >= 0.3 is 5.97 Å². The minimum atomic E-state index is -0.669. The Morgan fingerprint density at radius 3 is 2.71 bits per heavy atom. The van der Waals surface area contributed by atoms with Crippen LogP contribution in [0.25, 0.3) is 0 Å². The van der Waals surface area contributed by atoms with Gasteiger partial charge in [-0.05, 0) is 49.6 Å². The molecule has 0 aliphatic heterocycles. The second-order valence-corrected chi connectivity index (χ2v) is 7.59. The molecule has 1 heterocycles. The van der Waals surface area contributed by atoms with Gasteiger partial charge in [0.2, 0.25) is 5.91 Å². The minimum Gasteiger partial charge on any atom is -0.462 e. The van der Waals surface area contributed by atoms with Crippen molar-refractivity contribution in [2.75, 3.05) is 18.5 Å². The van der Waals surface area contributed by atoms with Crippen LogP contribution in [0.4, 0.5) is 13.8 Å². The largest absolute Gasteiger partial charge is 0.462 e. The molecule has 1 aliphatic rings. The fraction of sp³-hybridized carbons (Fsp3) is 0.400. The van der Waals surface area contributed by atoms with Gasteiger partial charge in [0.05, 0.1) is 18.7 Å². The molecule has 8 heteroatoms. The number of anilines is 1. The smallest absolute Gasteiger partial charge is 0.341 e. The van der Waals surface area contributed by atoms with Crippen LogP contribution in [0, 0.1) is 11.6 Å². The molecule has 0 unspecified atom stereocenters. The number of hydrogen-bond donors (Lipinski definition) is 2. The molecule has 150 valence electrons. The molecule has 5 nitrogen and oxygen atoms in total. The number of ether oxygens (including phenoxy) is 1. The molecule has 0 radical (unpaired) electrons. The maximum atomic E-state index is 13.8. The van der Waals surface area contributed by atoms with Gasteiger partial charge in [-0.3, -0.25) is 4.79 Å². The molecule has 1 aliphatic carbocycles. The van der Waals surface area contributed by atoms with Gasteiger partial charge in [0.15, 0.2) is 0 Å². The monoisotopic (exact) mass is 408 g/mol. The van der Waals surface area contributed by atoms with Crippen LogP contribution in [0.5, 0.6) is 0 Å². The Balaban J connectivity index is 1.64. The summed E-state index contributed by atoms with van der Waals surface area (Å²) in [5.74, 6) is -1.76. The molecule has 0 bridgehead atoms. The number of hydrogen-bond acceptors (Lipinski definition) is 5. The first-order valence-electron chi connectivity index (χ1n) is 9.17. The summed E-state index contributed by atoms with van der Waals surface area (Å²) in [6, 6.07) is 2.85. The quantitative estimate of drug-likeness (QED) is 0.637. The third-order valence-electron chi connectivity index (χ3n) is 4.57. The summed E-state index contributed by atoms with van der Waals surface area (Å²) < 4.78 is 32.0. The summed E-state index contributed by atoms with van der Waals surface area (Å²) >= 11 is 1.30. The molecular formula is C20H22F2N2O3S. The van der Waals surface area contributed by atoms with E-state index in [9.17, 15) is 18.4 Å². The zero-order chi connectivity index (χ0) is 20.3. The topological polar surface area (TPSA) is 67.4 Å². The third-order valence-corrected chi connectivity index (χ3v) is 5.48. The number of esters is 1. The van der Waals surface area contributed by atoms with Crippen LogP contribution in [0.15, 0.2) is 23.6 Å². The molecule has 1 atom stereocenters. The first kappa shape index (κ1) is 20.4. The normalized spacial score (nSPS) is 14.6. The second-order valence-electron chi connectivity index (χ2n) is 6.71. The fourth-order valence-electron chi connectivity index (χ4n) is 2.95. The highest BCUT2D eigenvalue weighted by Crippen LogP contribution is 2.46. The Morgan fingerprint density at radius 1 is 1.32 bits per heavy atom. The van der Waals surface area contributed by atoms with Gasteiger partial charge in [0.1, 0.15) is 16.6 Å². The van der Waals surface area contributed by atoms with Gasteiger partial charge in [-0.2, -0.15) is 0 Å². The van der Waals surface area contributed by atoms with E-state index in [0.717, 1.165) is 24.5 Å². The van der Waals surface area contributed by atoms with Crippen molar-refractivity contribution < 1.29 is 23.1 Å². The lowest BCUT2D eigenvalue weighted by molar-refractivity contribution is -0.115. The number of halogens is 2. The van der Waals surface area contributed by atoms with Gasteiger partial charge in [-0.25, -0.2) is 13.6 Å². The van der Waals surface area contributed by atoms with Crippen molar-refractivity contribution in [2.24, 2.45) is 0 Å². The number of amides is 1. The van der Waals surface area contributed by atoms with E-state index in [4.69, 9.17) is 4.74 Å². The van der Waals surface area contributed by atoms with Crippen LogP contribution >= 0.6 is 11.3 Å². The van der Waals surface area contributed by atoms with Crippen molar-refractivity contribution in [3.05, 3.63) is 51.9 Å². The van der Waals surface area contributed by atoms with Crippen LogP contribution in [-0.2, 0) is 9.53 Å². The Morgan fingerprint density at radius 2 is 2.07 bits per heavy atom. The standard InChI is InChI=1S/C20H22F2N2O3S/c1-3-27-20(26)18-15(12-4-5-12)10-28-19(18)24-17(25)9-23-11(2)14-7-6-13(21)8-16(14)22/h6-8,10-12,23H,3-5,9H2,1-2H3,(H,24,25)/t11-/m1/s1. The highest BCUT2D eigenvalue weighted by atomic mass is 32.1. The fourth-order valence-corrected chi connectivity index (χ4v) is 4.00. The molecule has 1 amide bonds. The molecule has 1 saturated carbocycles. The first-order chi connectivity index (χ1) is 13.4. The zero-order valence-corrected chi connectivity index (χ0v) is 16.5. The molecule has 1 aromatic heterocycles. The van der Waals surface area contributed by atoms with Crippen molar-refractivity contribution in [1.29, 1.82) is 0 Å². The average Bonchev–Trinajstić information content (AvgIpc) is 3.40. The predicted molar refractivity (Wildman–Crippen MR) is 104 cm³/mol. The average molecular weight is 408 g/mol. The Bertz CT molecular complexity index is 880. The number of thiophene rings is 1. The molecular weight excluding hydrogens is 386 g/mol. The Hall–Kier alpha value is -2.32. The van der Waals surface area contributed by atoms with E-state index in [0.29, 0.717) is 16.5 Å². The van der Waals surface area contributed by atoms with Crippen molar-refractivity contribution in [3.63, 3.8) is 0 Å². The zero-order valence-electron chi connectivity index (χ0n) is 15.7. The summed E-state index contributed by atoms with van der Waals surface area (Å²) in [5, 5.41) is 8.01. The molecule has 0 saturated heterocycles. The first-order valence-corrected chi connectivity index (χ1v) is 10.0. The van der Waals surface area contributed by atoms with Crippen LogP contribution < -0.4 is 10.6 Å². The number of rotatable bonds is 8. The lowest BCUT2D eigenvalue weighted by Crippen LogP contribution is -2.30. The number of carbonyl (C=O) groups excluding carboxylic acids is 2. The molecule has 28 heavy (non-hydrogen) atoms. The number of nitrogens with one attached hydrogen (secondary N) is 2. The highest BCUT2D eigenvalue weighted by molar-refractivity contribution is 7.15. The van der Waals surface area contributed by atoms with Crippen LogP contribution in [0.2, 0.25) is 0 Å². The third kappa shape index (κ3) is 4.74. The molecule has 1 aromatic carbocycles.